The molecule has 0 saturated carbocycles. The molecule has 0 saturated heterocycles. The summed E-state index contributed by atoms with van der Waals surface area (Å²) in [4.78, 5) is 15.2. The molecule has 0 radical (unpaired) electrons. The Bertz CT molecular complexity index is 354. The van der Waals surface area contributed by atoms with Crippen molar-refractivity contribution in [3.63, 3.8) is 0 Å². The molecule has 1 rings (SSSR count). The predicted octanol–water partition coefficient (Wildman–Crippen LogP) is 1.81. The van der Waals surface area contributed by atoms with Crippen molar-refractivity contribution in [2.45, 2.75) is 32.9 Å². The van der Waals surface area contributed by atoms with E-state index in [1.54, 1.807) is 26.8 Å². The maximum atomic E-state index is 11.3. The van der Waals surface area contributed by atoms with Gasteiger partial charge in [-0.05, 0) is 32.9 Å². The minimum atomic E-state index is -0.507. The molecule has 0 atom stereocenters. The van der Waals surface area contributed by atoms with Crippen LogP contribution in [0.2, 0.25) is 0 Å². The van der Waals surface area contributed by atoms with Gasteiger partial charge < -0.3 is 15.2 Å². The summed E-state index contributed by atoms with van der Waals surface area (Å²) in [6.07, 6.45) is 0.842. The standard InChI is InChI=1S/C11H16N2O3/c1-11(2,3)16-10(15)13-6-8-4-5-9(14)7-12-8/h4-5,7,14H,6H2,1-3H3,(H,13,15). The molecule has 0 bridgehead atoms. The highest BCUT2D eigenvalue weighted by Crippen LogP contribution is 2.08. The first kappa shape index (κ1) is 12.3. The number of amides is 1. The Hall–Kier alpha value is -1.78. The first-order valence-corrected chi connectivity index (χ1v) is 4.97. The Labute approximate surface area is 94.5 Å². The highest BCUT2D eigenvalue weighted by atomic mass is 16.6. The summed E-state index contributed by atoms with van der Waals surface area (Å²) in [5.74, 6) is 0.0982. The van der Waals surface area contributed by atoms with Crippen molar-refractivity contribution in [1.29, 1.82) is 0 Å². The number of carbonyl (C=O) groups is 1. The molecule has 1 aromatic heterocycles. The van der Waals surface area contributed by atoms with E-state index in [9.17, 15) is 4.79 Å². The summed E-state index contributed by atoms with van der Waals surface area (Å²) in [6, 6.07) is 3.14. The second-order valence-corrected chi connectivity index (χ2v) is 4.36. The van der Waals surface area contributed by atoms with Gasteiger partial charge in [0.1, 0.15) is 11.4 Å². The molecule has 16 heavy (non-hydrogen) atoms. The van der Waals surface area contributed by atoms with Gasteiger partial charge in [0.15, 0.2) is 0 Å². The van der Waals surface area contributed by atoms with Crippen LogP contribution in [0.4, 0.5) is 4.79 Å². The Morgan fingerprint density at radius 1 is 1.50 bits per heavy atom. The van der Waals surface area contributed by atoms with Crippen LogP contribution in [-0.4, -0.2) is 21.8 Å². The number of aromatic nitrogens is 1. The monoisotopic (exact) mass is 224 g/mol. The molecule has 0 aliphatic carbocycles. The van der Waals surface area contributed by atoms with Crippen molar-refractivity contribution in [1.82, 2.24) is 10.3 Å². The quantitative estimate of drug-likeness (QED) is 0.803. The van der Waals surface area contributed by atoms with E-state index in [0.717, 1.165) is 0 Å². The molecule has 0 fully saturated rings. The summed E-state index contributed by atoms with van der Waals surface area (Å²) in [7, 11) is 0. The Morgan fingerprint density at radius 3 is 2.69 bits per heavy atom. The van der Waals surface area contributed by atoms with Crippen LogP contribution in [0.1, 0.15) is 26.5 Å². The lowest BCUT2D eigenvalue weighted by molar-refractivity contribution is 0.0523. The lowest BCUT2D eigenvalue weighted by Gasteiger charge is -2.19. The van der Waals surface area contributed by atoms with Crippen molar-refractivity contribution < 1.29 is 14.6 Å². The van der Waals surface area contributed by atoms with Gasteiger partial charge in [-0.2, -0.15) is 0 Å². The normalized spacial score (nSPS) is 10.9. The van der Waals surface area contributed by atoms with Crippen LogP contribution in [0.3, 0.4) is 0 Å². The van der Waals surface area contributed by atoms with Gasteiger partial charge in [0, 0.05) is 0 Å². The van der Waals surface area contributed by atoms with E-state index in [1.165, 1.54) is 12.3 Å². The SMILES string of the molecule is CC(C)(C)OC(=O)NCc1ccc(O)cn1. The second kappa shape index (κ2) is 4.83. The molecule has 0 aliphatic heterocycles. The number of nitrogens with zero attached hydrogens (tertiary/aromatic N) is 1. The van der Waals surface area contributed by atoms with Crippen LogP contribution in [0.25, 0.3) is 0 Å². The molecule has 5 heteroatoms. The minimum Gasteiger partial charge on any atom is -0.506 e. The molecule has 1 aromatic rings. The van der Waals surface area contributed by atoms with Gasteiger partial charge in [-0.1, -0.05) is 0 Å². The summed E-state index contributed by atoms with van der Waals surface area (Å²) in [5, 5.41) is 11.6. The fourth-order valence-corrected chi connectivity index (χ4v) is 0.998. The van der Waals surface area contributed by atoms with E-state index in [2.05, 4.69) is 10.3 Å². The van der Waals surface area contributed by atoms with Crippen molar-refractivity contribution in [3.8, 4) is 5.75 Å². The van der Waals surface area contributed by atoms with Crippen molar-refractivity contribution >= 4 is 6.09 Å². The summed E-state index contributed by atoms with van der Waals surface area (Å²) in [6.45, 7) is 5.66. The largest absolute Gasteiger partial charge is 0.506 e. The van der Waals surface area contributed by atoms with Crippen LogP contribution in [0.15, 0.2) is 18.3 Å². The Balaban J connectivity index is 2.40. The average Bonchev–Trinajstić information content (AvgIpc) is 2.14. The Morgan fingerprint density at radius 2 is 2.19 bits per heavy atom. The summed E-state index contributed by atoms with van der Waals surface area (Å²) >= 11 is 0. The molecular weight excluding hydrogens is 208 g/mol. The molecular formula is C11H16N2O3. The zero-order valence-corrected chi connectivity index (χ0v) is 9.65. The number of aromatic hydroxyl groups is 1. The number of nitrogens with one attached hydrogen (secondary N) is 1. The van der Waals surface area contributed by atoms with Gasteiger partial charge in [-0.3, -0.25) is 4.98 Å². The van der Waals surface area contributed by atoms with Gasteiger partial charge in [-0.25, -0.2) is 4.79 Å². The summed E-state index contributed by atoms with van der Waals surface area (Å²) in [5.41, 5.74) is 0.149. The molecule has 0 unspecified atom stereocenters. The van der Waals surface area contributed by atoms with Crippen molar-refractivity contribution in [2.24, 2.45) is 0 Å². The smallest absolute Gasteiger partial charge is 0.407 e. The molecule has 5 nitrogen and oxygen atoms in total. The second-order valence-electron chi connectivity index (χ2n) is 4.36. The molecule has 0 spiro atoms. The van der Waals surface area contributed by atoms with E-state index in [-0.39, 0.29) is 12.3 Å². The molecule has 0 aliphatic rings. The van der Waals surface area contributed by atoms with Gasteiger partial charge in [0.05, 0.1) is 18.4 Å². The van der Waals surface area contributed by atoms with Gasteiger partial charge in [0.25, 0.3) is 0 Å². The third-order valence-electron chi connectivity index (χ3n) is 1.62. The average molecular weight is 224 g/mol. The molecule has 2 N–H and O–H groups in total. The van der Waals surface area contributed by atoms with Crippen LogP contribution in [0, 0.1) is 0 Å². The van der Waals surface area contributed by atoms with Gasteiger partial charge >= 0.3 is 6.09 Å². The molecule has 0 aromatic carbocycles. The number of pyridine rings is 1. The number of ether oxygens (including phenoxy) is 1. The van der Waals surface area contributed by atoms with E-state index >= 15 is 0 Å². The van der Waals surface area contributed by atoms with Crippen LogP contribution >= 0.6 is 0 Å². The number of alkyl carbamates (subject to hydrolysis) is 1. The molecule has 88 valence electrons. The number of hydrogen-bond acceptors (Lipinski definition) is 4. The first-order chi connectivity index (χ1) is 7.37. The third-order valence-corrected chi connectivity index (χ3v) is 1.62. The fourth-order valence-electron chi connectivity index (χ4n) is 0.998. The zero-order valence-electron chi connectivity index (χ0n) is 9.65. The minimum absolute atomic E-state index is 0.0982. The lowest BCUT2D eigenvalue weighted by atomic mass is 10.2. The van der Waals surface area contributed by atoms with Crippen LogP contribution in [0.5, 0.6) is 5.75 Å². The maximum Gasteiger partial charge on any atom is 0.407 e. The van der Waals surface area contributed by atoms with E-state index < -0.39 is 11.7 Å². The Kier molecular flexibility index (Phi) is 3.71. The number of hydrogen-bond donors (Lipinski definition) is 2. The van der Waals surface area contributed by atoms with Crippen molar-refractivity contribution in [3.05, 3.63) is 24.0 Å². The van der Waals surface area contributed by atoms with Crippen LogP contribution in [-0.2, 0) is 11.3 Å². The zero-order chi connectivity index (χ0) is 12.2. The van der Waals surface area contributed by atoms with E-state index in [0.29, 0.717) is 5.69 Å². The number of carbonyl (C=O) groups excluding carboxylic acids is 1. The summed E-state index contributed by atoms with van der Waals surface area (Å²) < 4.78 is 5.06. The molecule has 1 amide bonds. The van der Waals surface area contributed by atoms with Crippen LogP contribution < -0.4 is 5.32 Å². The highest BCUT2D eigenvalue weighted by molar-refractivity contribution is 5.67. The number of rotatable bonds is 2. The van der Waals surface area contributed by atoms with Crippen molar-refractivity contribution in [2.75, 3.05) is 0 Å². The predicted molar refractivity (Wildman–Crippen MR) is 59.0 cm³/mol. The topological polar surface area (TPSA) is 71.5 Å². The maximum absolute atomic E-state index is 11.3. The highest BCUT2D eigenvalue weighted by Gasteiger charge is 2.15. The lowest BCUT2D eigenvalue weighted by Crippen LogP contribution is -2.32. The first-order valence-electron chi connectivity index (χ1n) is 4.97. The van der Waals surface area contributed by atoms with Gasteiger partial charge in [-0.15, -0.1) is 0 Å². The van der Waals surface area contributed by atoms with E-state index in [4.69, 9.17) is 9.84 Å². The van der Waals surface area contributed by atoms with E-state index in [1.807, 2.05) is 0 Å². The molecule has 1 heterocycles. The van der Waals surface area contributed by atoms with Gasteiger partial charge in [0.2, 0.25) is 0 Å². The third kappa shape index (κ3) is 4.63. The fraction of sp³-hybridized carbons (Fsp3) is 0.455.